The number of nitrogens with one attached hydrogen (secondary N) is 2. The molecule has 0 bridgehead atoms. The molecule has 1 fully saturated rings. The molecule has 1 heterocycles. The lowest BCUT2D eigenvalue weighted by atomic mass is 9.98. The maximum atomic E-state index is 13.3. The molecule has 0 spiro atoms. The lowest BCUT2D eigenvalue weighted by Crippen LogP contribution is -2.54. The van der Waals surface area contributed by atoms with E-state index < -0.39 is 36.2 Å². The van der Waals surface area contributed by atoms with E-state index in [2.05, 4.69) is 22.8 Å². The van der Waals surface area contributed by atoms with Crippen molar-refractivity contribution in [3.63, 3.8) is 0 Å². The highest BCUT2D eigenvalue weighted by Crippen LogP contribution is 2.44. The number of carbonyl (C=O) groups excluding carboxylic acids is 2. The summed E-state index contributed by atoms with van der Waals surface area (Å²) in [6.45, 7) is 2.47. The van der Waals surface area contributed by atoms with Crippen molar-refractivity contribution in [3.8, 4) is 11.1 Å². The molecule has 3 aromatic carbocycles. The fraction of sp³-hybridized carbons (Fsp3) is 0.344. The van der Waals surface area contributed by atoms with Gasteiger partial charge in [-0.05, 0) is 41.2 Å². The van der Waals surface area contributed by atoms with Crippen molar-refractivity contribution >= 4 is 18.0 Å². The number of carboxylic acid groups (broad SMARTS) is 1. The standard InChI is InChI=1S/C32H34N2O7/c1-20(40-18-21-9-3-2-4-10-21)28(30(35)33-17-22-15-16-39-29(22)31(36)37)34-32(38)41-19-27-25-13-7-5-11-23(25)24-12-6-8-14-26(24)27/h2-14,20,22,27-29H,15-19H2,1H3,(H,33,35)(H,34,38)(H,36,37)/t20?,22-,28?,29-/m1/s1. The summed E-state index contributed by atoms with van der Waals surface area (Å²) in [5.41, 5.74) is 5.33. The van der Waals surface area contributed by atoms with Crippen LogP contribution >= 0.6 is 0 Å². The molecule has 2 unspecified atom stereocenters. The molecule has 4 atom stereocenters. The summed E-state index contributed by atoms with van der Waals surface area (Å²) in [5, 5.41) is 14.9. The minimum Gasteiger partial charge on any atom is -0.479 e. The van der Waals surface area contributed by atoms with Crippen molar-refractivity contribution < 1.29 is 33.7 Å². The predicted octanol–water partition coefficient (Wildman–Crippen LogP) is 4.10. The maximum Gasteiger partial charge on any atom is 0.407 e. The molecule has 2 aliphatic rings. The fourth-order valence-electron chi connectivity index (χ4n) is 5.52. The molecule has 1 saturated heterocycles. The molecular formula is C32H34N2O7. The van der Waals surface area contributed by atoms with Crippen LogP contribution in [0.3, 0.4) is 0 Å². The van der Waals surface area contributed by atoms with E-state index in [9.17, 15) is 19.5 Å². The number of alkyl carbamates (subject to hydrolysis) is 1. The number of carbonyl (C=O) groups is 3. The number of amides is 2. The van der Waals surface area contributed by atoms with Gasteiger partial charge in [-0.25, -0.2) is 9.59 Å². The van der Waals surface area contributed by atoms with E-state index in [1.807, 2.05) is 66.7 Å². The van der Waals surface area contributed by atoms with Crippen LogP contribution in [0.5, 0.6) is 0 Å². The SMILES string of the molecule is CC(OCc1ccccc1)C(NC(=O)OCC1c2ccccc2-c2ccccc21)C(=O)NC[C@H]1CCO[C@H]1C(=O)O. The van der Waals surface area contributed by atoms with Crippen molar-refractivity contribution in [2.45, 2.75) is 44.1 Å². The maximum absolute atomic E-state index is 13.3. The Morgan fingerprint density at radius 2 is 1.59 bits per heavy atom. The van der Waals surface area contributed by atoms with Gasteiger partial charge in [0.15, 0.2) is 6.10 Å². The van der Waals surface area contributed by atoms with E-state index in [1.165, 1.54) is 0 Å². The monoisotopic (exact) mass is 558 g/mol. The Balaban J connectivity index is 1.24. The number of aliphatic carboxylic acids is 1. The molecule has 1 aliphatic carbocycles. The minimum absolute atomic E-state index is 0.101. The summed E-state index contributed by atoms with van der Waals surface area (Å²) in [6, 6.07) is 24.5. The van der Waals surface area contributed by atoms with Gasteiger partial charge in [-0.15, -0.1) is 0 Å². The Morgan fingerprint density at radius 3 is 2.24 bits per heavy atom. The van der Waals surface area contributed by atoms with E-state index in [0.29, 0.717) is 13.0 Å². The van der Waals surface area contributed by atoms with E-state index in [0.717, 1.165) is 27.8 Å². The van der Waals surface area contributed by atoms with E-state index in [4.69, 9.17) is 14.2 Å². The molecule has 9 heteroatoms. The van der Waals surface area contributed by atoms with Gasteiger partial charge in [0.2, 0.25) is 5.91 Å². The second-order valence-corrected chi connectivity index (χ2v) is 10.4. The second-order valence-electron chi connectivity index (χ2n) is 10.4. The zero-order chi connectivity index (χ0) is 28.8. The zero-order valence-electron chi connectivity index (χ0n) is 22.8. The minimum atomic E-state index is -1.07. The van der Waals surface area contributed by atoms with Gasteiger partial charge in [0.05, 0.1) is 12.7 Å². The average molecular weight is 559 g/mol. The first-order chi connectivity index (χ1) is 19.9. The summed E-state index contributed by atoms with van der Waals surface area (Å²) in [7, 11) is 0. The molecule has 9 nitrogen and oxygen atoms in total. The van der Waals surface area contributed by atoms with Crippen LogP contribution in [0.25, 0.3) is 11.1 Å². The van der Waals surface area contributed by atoms with Gasteiger partial charge in [0.25, 0.3) is 0 Å². The van der Waals surface area contributed by atoms with Crippen LogP contribution in [-0.4, -0.2) is 61.1 Å². The number of fused-ring (bicyclic) bond motifs is 3. The van der Waals surface area contributed by atoms with Crippen LogP contribution in [0.4, 0.5) is 4.79 Å². The normalized spacial score (nSPS) is 19.0. The van der Waals surface area contributed by atoms with Gasteiger partial charge in [0.1, 0.15) is 12.6 Å². The highest BCUT2D eigenvalue weighted by molar-refractivity contribution is 5.86. The molecule has 3 N–H and O–H groups in total. The number of carboxylic acids is 1. The van der Waals surface area contributed by atoms with Gasteiger partial charge < -0.3 is 30.0 Å². The van der Waals surface area contributed by atoms with Crippen LogP contribution < -0.4 is 10.6 Å². The molecule has 0 saturated carbocycles. The number of rotatable bonds is 11. The zero-order valence-corrected chi connectivity index (χ0v) is 22.8. The van der Waals surface area contributed by atoms with Crippen LogP contribution in [0, 0.1) is 5.92 Å². The van der Waals surface area contributed by atoms with Crippen molar-refractivity contribution in [2.24, 2.45) is 5.92 Å². The first-order valence-electron chi connectivity index (χ1n) is 13.8. The molecule has 3 aromatic rings. The second kappa shape index (κ2) is 13.0. The molecule has 214 valence electrons. The third-order valence-corrected chi connectivity index (χ3v) is 7.72. The molecule has 41 heavy (non-hydrogen) atoms. The van der Waals surface area contributed by atoms with Crippen molar-refractivity contribution in [2.75, 3.05) is 19.8 Å². The summed E-state index contributed by atoms with van der Waals surface area (Å²) in [4.78, 5) is 37.8. The van der Waals surface area contributed by atoms with Gasteiger partial charge in [0, 0.05) is 25.0 Å². The first kappa shape index (κ1) is 28.3. The Kier molecular flexibility index (Phi) is 8.96. The topological polar surface area (TPSA) is 123 Å². The molecule has 2 amide bonds. The Hall–Kier alpha value is -4.21. The van der Waals surface area contributed by atoms with E-state index in [-0.39, 0.29) is 31.6 Å². The number of benzene rings is 3. The summed E-state index contributed by atoms with van der Waals surface area (Å²) >= 11 is 0. The molecule has 5 rings (SSSR count). The van der Waals surface area contributed by atoms with Gasteiger partial charge in [-0.1, -0.05) is 78.9 Å². The Bertz CT molecular complexity index is 1330. The van der Waals surface area contributed by atoms with Crippen LogP contribution in [0.2, 0.25) is 0 Å². The van der Waals surface area contributed by atoms with Gasteiger partial charge >= 0.3 is 12.1 Å². The lowest BCUT2D eigenvalue weighted by molar-refractivity contribution is -0.149. The summed E-state index contributed by atoms with van der Waals surface area (Å²) < 4.78 is 16.9. The molecule has 0 radical (unpaired) electrons. The summed E-state index contributed by atoms with van der Waals surface area (Å²) in [5.74, 6) is -2.04. The Morgan fingerprint density at radius 1 is 0.951 bits per heavy atom. The summed E-state index contributed by atoms with van der Waals surface area (Å²) in [6.07, 6.45) is -1.90. The highest BCUT2D eigenvalue weighted by atomic mass is 16.6. The third-order valence-electron chi connectivity index (χ3n) is 7.72. The third kappa shape index (κ3) is 6.58. The first-order valence-corrected chi connectivity index (χ1v) is 13.8. The van der Waals surface area contributed by atoms with Crippen molar-refractivity contribution in [1.29, 1.82) is 0 Å². The molecule has 0 aromatic heterocycles. The van der Waals surface area contributed by atoms with Crippen molar-refractivity contribution in [3.05, 3.63) is 95.6 Å². The fourth-order valence-corrected chi connectivity index (χ4v) is 5.52. The number of ether oxygens (including phenoxy) is 3. The van der Waals surface area contributed by atoms with Gasteiger partial charge in [-0.3, -0.25) is 4.79 Å². The van der Waals surface area contributed by atoms with E-state index >= 15 is 0 Å². The van der Waals surface area contributed by atoms with E-state index in [1.54, 1.807) is 6.92 Å². The number of hydrogen-bond donors (Lipinski definition) is 3. The predicted molar refractivity (Wildman–Crippen MR) is 151 cm³/mol. The quantitative estimate of drug-likeness (QED) is 0.324. The average Bonchev–Trinajstić information content (AvgIpc) is 3.60. The molecule has 1 aliphatic heterocycles. The largest absolute Gasteiger partial charge is 0.479 e. The highest BCUT2D eigenvalue weighted by Gasteiger charge is 2.36. The smallest absolute Gasteiger partial charge is 0.407 e. The lowest BCUT2D eigenvalue weighted by Gasteiger charge is -2.26. The van der Waals surface area contributed by atoms with Crippen molar-refractivity contribution in [1.82, 2.24) is 10.6 Å². The van der Waals surface area contributed by atoms with Crippen LogP contribution in [-0.2, 0) is 30.4 Å². The van der Waals surface area contributed by atoms with Crippen LogP contribution in [0.1, 0.15) is 36.0 Å². The Labute approximate surface area is 238 Å². The van der Waals surface area contributed by atoms with Gasteiger partial charge in [-0.2, -0.15) is 0 Å². The number of hydrogen-bond acceptors (Lipinski definition) is 6. The van der Waals surface area contributed by atoms with Crippen LogP contribution in [0.15, 0.2) is 78.9 Å². The molecular weight excluding hydrogens is 524 g/mol.